The summed E-state index contributed by atoms with van der Waals surface area (Å²) in [4.78, 5) is 21.1. The molecule has 3 heterocycles. The van der Waals surface area contributed by atoms with Crippen molar-refractivity contribution in [1.29, 1.82) is 0 Å². The molecule has 1 amide bonds. The van der Waals surface area contributed by atoms with Crippen LogP contribution in [0.5, 0.6) is 0 Å². The minimum atomic E-state index is -0.00404. The third-order valence-corrected chi connectivity index (χ3v) is 4.87. The molecule has 1 aliphatic heterocycles. The second-order valence-corrected chi connectivity index (χ2v) is 6.68. The molecule has 0 unspecified atom stereocenters. The zero-order valence-electron chi connectivity index (χ0n) is 14.3. The van der Waals surface area contributed by atoms with Crippen LogP contribution in [0.25, 0.3) is 0 Å². The average Bonchev–Trinajstić information content (AvgIpc) is 3.15. The molecule has 1 N–H and O–H groups in total. The van der Waals surface area contributed by atoms with E-state index in [0.29, 0.717) is 6.54 Å². The highest BCUT2D eigenvalue weighted by Gasteiger charge is 2.21. The zero-order chi connectivity index (χ0) is 17.1. The van der Waals surface area contributed by atoms with Crippen molar-refractivity contribution in [2.75, 3.05) is 42.9 Å². The first kappa shape index (κ1) is 16.8. The summed E-state index contributed by atoms with van der Waals surface area (Å²) in [6.45, 7) is 7.80. The topological polar surface area (TPSA) is 79.2 Å². The van der Waals surface area contributed by atoms with Crippen LogP contribution in [0.2, 0.25) is 0 Å². The first-order chi connectivity index (χ1) is 11.5. The van der Waals surface area contributed by atoms with Crippen molar-refractivity contribution in [3.8, 4) is 0 Å². The van der Waals surface area contributed by atoms with Crippen LogP contribution in [-0.2, 0) is 18.3 Å². The fraction of sp³-hybridized carbons (Fsp3) is 0.600. The molecule has 0 spiro atoms. The van der Waals surface area contributed by atoms with Crippen molar-refractivity contribution in [3.05, 3.63) is 17.6 Å². The van der Waals surface area contributed by atoms with Gasteiger partial charge in [-0.2, -0.15) is 9.47 Å². The summed E-state index contributed by atoms with van der Waals surface area (Å²) < 4.78 is 6.02. The first-order valence-corrected chi connectivity index (χ1v) is 8.93. The van der Waals surface area contributed by atoms with Crippen LogP contribution in [0, 0.1) is 6.92 Å². The van der Waals surface area contributed by atoms with E-state index >= 15 is 0 Å². The molecule has 0 bridgehead atoms. The van der Waals surface area contributed by atoms with E-state index in [4.69, 9.17) is 0 Å². The molecule has 0 aliphatic carbocycles. The molecule has 3 rings (SSSR count). The first-order valence-electron chi connectivity index (χ1n) is 8.15. The van der Waals surface area contributed by atoms with Gasteiger partial charge in [0, 0.05) is 57.2 Å². The third-order valence-electron chi connectivity index (χ3n) is 4.05. The number of anilines is 2. The largest absolute Gasteiger partial charge is 0.344 e. The lowest BCUT2D eigenvalue weighted by molar-refractivity contribution is -0.117. The van der Waals surface area contributed by atoms with Crippen LogP contribution in [0.3, 0.4) is 0 Å². The molecule has 2 aromatic heterocycles. The minimum absolute atomic E-state index is 0.00404. The summed E-state index contributed by atoms with van der Waals surface area (Å²) in [5.41, 5.74) is 0.893. The summed E-state index contributed by atoms with van der Waals surface area (Å²) in [7, 11) is 1.83. The van der Waals surface area contributed by atoms with Crippen molar-refractivity contribution >= 4 is 28.4 Å². The molecule has 130 valence electrons. The molecular formula is C15H23N7OS. The maximum absolute atomic E-state index is 12.2. The van der Waals surface area contributed by atoms with Gasteiger partial charge in [0.25, 0.3) is 0 Å². The lowest BCUT2D eigenvalue weighted by atomic mass is 10.3. The van der Waals surface area contributed by atoms with E-state index in [2.05, 4.69) is 36.5 Å². The number of amides is 1. The van der Waals surface area contributed by atoms with Gasteiger partial charge in [-0.05, 0) is 6.92 Å². The number of nitrogens with one attached hydrogen (secondary N) is 1. The molecule has 0 atom stereocenters. The Morgan fingerprint density at radius 3 is 2.67 bits per heavy atom. The fourth-order valence-electron chi connectivity index (χ4n) is 2.73. The number of aromatic nitrogens is 4. The van der Waals surface area contributed by atoms with Crippen molar-refractivity contribution in [1.82, 2.24) is 24.0 Å². The number of hydrogen-bond acceptors (Lipinski definition) is 7. The van der Waals surface area contributed by atoms with Gasteiger partial charge >= 0.3 is 0 Å². The number of piperazine rings is 1. The standard InChI is InChI=1S/C15H23N7OS/c1-4-12-16-15(24-19-12)22-7-5-21(6-8-22)10-14(23)17-13-9-11(2)18-20(13)3/h9H,4-8,10H2,1-3H3,(H,17,23). The molecule has 24 heavy (non-hydrogen) atoms. The van der Waals surface area contributed by atoms with Gasteiger partial charge in [-0.3, -0.25) is 14.4 Å². The lowest BCUT2D eigenvalue weighted by Crippen LogP contribution is -2.48. The highest BCUT2D eigenvalue weighted by molar-refractivity contribution is 7.09. The van der Waals surface area contributed by atoms with Crippen molar-refractivity contribution in [3.63, 3.8) is 0 Å². The molecule has 0 saturated carbocycles. The Morgan fingerprint density at radius 1 is 1.33 bits per heavy atom. The van der Waals surface area contributed by atoms with E-state index < -0.39 is 0 Å². The summed E-state index contributed by atoms with van der Waals surface area (Å²) in [6.07, 6.45) is 0.865. The molecule has 9 heteroatoms. The third kappa shape index (κ3) is 3.90. The van der Waals surface area contributed by atoms with Crippen LogP contribution < -0.4 is 10.2 Å². The predicted octanol–water partition coefficient (Wildman–Crippen LogP) is 0.903. The molecule has 8 nitrogen and oxygen atoms in total. The van der Waals surface area contributed by atoms with Crippen LogP contribution in [0.15, 0.2) is 6.07 Å². The van der Waals surface area contributed by atoms with E-state index in [1.807, 2.05) is 20.0 Å². The number of nitrogens with zero attached hydrogens (tertiary/aromatic N) is 6. The SMILES string of the molecule is CCc1nsc(N2CCN(CC(=O)Nc3cc(C)nn3C)CC2)n1. The Kier molecular flexibility index (Phi) is 5.10. The second-order valence-electron chi connectivity index (χ2n) is 5.95. The van der Waals surface area contributed by atoms with Gasteiger partial charge in [0.2, 0.25) is 11.0 Å². The zero-order valence-corrected chi connectivity index (χ0v) is 15.1. The van der Waals surface area contributed by atoms with Gasteiger partial charge in [-0.15, -0.1) is 0 Å². The van der Waals surface area contributed by atoms with Crippen LogP contribution in [0.1, 0.15) is 18.4 Å². The van der Waals surface area contributed by atoms with Gasteiger partial charge < -0.3 is 10.2 Å². The molecular weight excluding hydrogens is 326 g/mol. The summed E-state index contributed by atoms with van der Waals surface area (Å²) >= 11 is 1.46. The number of carbonyl (C=O) groups is 1. The molecule has 0 radical (unpaired) electrons. The van der Waals surface area contributed by atoms with E-state index in [0.717, 1.165) is 55.1 Å². The van der Waals surface area contributed by atoms with Crippen molar-refractivity contribution in [2.45, 2.75) is 20.3 Å². The minimum Gasteiger partial charge on any atom is -0.344 e. The number of rotatable bonds is 5. The monoisotopic (exact) mass is 349 g/mol. The van der Waals surface area contributed by atoms with E-state index in [9.17, 15) is 4.79 Å². The molecule has 2 aromatic rings. The maximum Gasteiger partial charge on any atom is 0.239 e. The van der Waals surface area contributed by atoms with Crippen LogP contribution in [0.4, 0.5) is 10.9 Å². The Bertz CT molecular complexity index is 702. The maximum atomic E-state index is 12.2. The quantitative estimate of drug-likeness (QED) is 0.864. The van der Waals surface area contributed by atoms with Gasteiger partial charge in [0.05, 0.1) is 12.2 Å². The molecule has 0 aromatic carbocycles. The Balaban J connectivity index is 1.48. The average molecular weight is 349 g/mol. The molecule has 1 fully saturated rings. The summed E-state index contributed by atoms with van der Waals surface area (Å²) in [6, 6.07) is 1.87. The van der Waals surface area contributed by atoms with Gasteiger partial charge in [0.15, 0.2) is 0 Å². The van der Waals surface area contributed by atoms with E-state index in [-0.39, 0.29) is 5.91 Å². The highest BCUT2D eigenvalue weighted by Crippen LogP contribution is 2.19. The van der Waals surface area contributed by atoms with Crippen LogP contribution in [-0.4, -0.2) is 62.7 Å². The highest BCUT2D eigenvalue weighted by atomic mass is 32.1. The van der Waals surface area contributed by atoms with Crippen molar-refractivity contribution < 1.29 is 4.79 Å². The van der Waals surface area contributed by atoms with Gasteiger partial charge in [0.1, 0.15) is 11.6 Å². The lowest BCUT2D eigenvalue weighted by Gasteiger charge is -2.33. The number of carbonyl (C=O) groups excluding carboxylic acids is 1. The van der Waals surface area contributed by atoms with Crippen LogP contribution >= 0.6 is 11.5 Å². The van der Waals surface area contributed by atoms with Gasteiger partial charge in [-0.1, -0.05) is 6.92 Å². The summed E-state index contributed by atoms with van der Waals surface area (Å²) in [5, 5.41) is 8.14. The molecule has 1 saturated heterocycles. The Labute approximate surface area is 145 Å². The smallest absolute Gasteiger partial charge is 0.239 e. The number of hydrogen-bond donors (Lipinski definition) is 1. The Hall–Kier alpha value is -2.00. The normalized spacial score (nSPS) is 15.7. The van der Waals surface area contributed by atoms with Crippen molar-refractivity contribution in [2.24, 2.45) is 7.05 Å². The second kappa shape index (κ2) is 7.27. The molecule has 1 aliphatic rings. The number of aryl methyl sites for hydroxylation is 3. The van der Waals surface area contributed by atoms with Gasteiger partial charge in [-0.25, -0.2) is 4.98 Å². The van der Waals surface area contributed by atoms with E-state index in [1.165, 1.54) is 11.5 Å². The fourth-order valence-corrected chi connectivity index (χ4v) is 3.53. The van der Waals surface area contributed by atoms with E-state index in [1.54, 1.807) is 4.68 Å². The predicted molar refractivity (Wildman–Crippen MR) is 94.5 cm³/mol. The Morgan fingerprint density at radius 2 is 2.08 bits per heavy atom. The summed E-state index contributed by atoms with van der Waals surface area (Å²) in [5.74, 6) is 1.64.